The van der Waals surface area contributed by atoms with Crippen LogP contribution in [0.5, 0.6) is 17.2 Å². The predicted molar refractivity (Wildman–Crippen MR) is 112 cm³/mol. The van der Waals surface area contributed by atoms with Crippen molar-refractivity contribution in [2.75, 3.05) is 39.1 Å². The highest BCUT2D eigenvalue weighted by molar-refractivity contribution is 5.55. The molecule has 2 aromatic rings. The lowest BCUT2D eigenvalue weighted by Gasteiger charge is -2.22. The summed E-state index contributed by atoms with van der Waals surface area (Å²) in [5.74, 6) is 2.64. The quantitative estimate of drug-likeness (QED) is 0.616. The molecule has 0 spiro atoms. The Labute approximate surface area is 171 Å². The Balaban J connectivity index is 1.64. The van der Waals surface area contributed by atoms with Gasteiger partial charge >= 0.3 is 0 Å². The van der Waals surface area contributed by atoms with Crippen molar-refractivity contribution in [2.24, 2.45) is 0 Å². The second-order valence-electron chi connectivity index (χ2n) is 7.06. The third-order valence-electron chi connectivity index (χ3n) is 5.12. The van der Waals surface area contributed by atoms with Gasteiger partial charge in [0.05, 0.1) is 27.4 Å². The number of nitrogens with zero attached hydrogens (tertiary/aromatic N) is 2. The van der Waals surface area contributed by atoms with Crippen LogP contribution in [0.4, 0.5) is 11.8 Å². The third-order valence-corrected chi connectivity index (χ3v) is 5.12. The molecule has 0 unspecified atom stereocenters. The van der Waals surface area contributed by atoms with E-state index in [9.17, 15) is 0 Å². The zero-order valence-corrected chi connectivity index (χ0v) is 17.4. The summed E-state index contributed by atoms with van der Waals surface area (Å²) in [5.41, 5.74) is 7.93. The number of rotatable bonds is 9. The van der Waals surface area contributed by atoms with Gasteiger partial charge in [0, 0.05) is 18.2 Å². The standard InChI is InChI=1S/C21H30N4O4/c1-26-17-10-14(11-18(27-2)19(17)28-3)9-15-12-23-21(25-20(15)22)24-13-29-16-7-5-4-6-8-16/h10-12,16H,4-9,13H2,1-3H3,(H3,22,23,24,25). The van der Waals surface area contributed by atoms with Crippen LogP contribution in [0.1, 0.15) is 43.2 Å². The second kappa shape index (κ2) is 10.2. The molecule has 1 aromatic carbocycles. The Morgan fingerprint density at radius 1 is 1.03 bits per heavy atom. The number of benzene rings is 1. The van der Waals surface area contributed by atoms with Crippen LogP contribution in [0.25, 0.3) is 0 Å². The molecule has 8 heteroatoms. The minimum absolute atomic E-state index is 0.327. The van der Waals surface area contributed by atoms with E-state index in [-0.39, 0.29) is 0 Å². The summed E-state index contributed by atoms with van der Waals surface area (Å²) in [6, 6.07) is 3.79. The number of anilines is 2. The Morgan fingerprint density at radius 3 is 2.31 bits per heavy atom. The van der Waals surface area contributed by atoms with Gasteiger partial charge < -0.3 is 30.0 Å². The van der Waals surface area contributed by atoms with Gasteiger partial charge in [-0.2, -0.15) is 4.98 Å². The average molecular weight is 402 g/mol. The van der Waals surface area contributed by atoms with Crippen molar-refractivity contribution in [3.05, 3.63) is 29.5 Å². The summed E-state index contributed by atoms with van der Waals surface area (Å²) in [6.45, 7) is 0.385. The van der Waals surface area contributed by atoms with Crippen LogP contribution in [-0.4, -0.2) is 44.1 Å². The molecule has 1 aromatic heterocycles. The molecule has 29 heavy (non-hydrogen) atoms. The van der Waals surface area contributed by atoms with Crippen molar-refractivity contribution in [3.63, 3.8) is 0 Å². The third kappa shape index (κ3) is 5.41. The summed E-state index contributed by atoms with van der Waals surface area (Å²) in [6.07, 6.45) is 8.63. The molecule has 0 aliphatic heterocycles. The first-order valence-electron chi connectivity index (χ1n) is 9.90. The smallest absolute Gasteiger partial charge is 0.226 e. The van der Waals surface area contributed by atoms with Gasteiger partial charge in [-0.15, -0.1) is 0 Å². The number of ether oxygens (including phenoxy) is 4. The molecule has 0 saturated heterocycles. The highest BCUT2D eigenvalue weighted by atomic mass is 16.5. The Bertz CT molecular complexity index is 784. The van der Waals surface area contributed by atoms with Crippen molar-refractivity contribution in [1.29, 1.82) is 0 Å². The Morgan fingerprint density at radius 2 is 1.72 bits per heavy atom. The minimum atomic E-state index is 0.327. The first kappa shape index (κ1) is 21.0. The van der Waals surface area contributed by atoms with Gasteiger partial charge in [-0.05, 0) is 30.5 Å². The zero-order valence-electron chi connectivity index (χ0n) is 17.4. The molecule has 0 amide bonds. The fourth-order valence-electron chi connectivity index (χ4n) is 3.55. The SMILES string of the molecule is COc1cc(Cc2cnc(NCOC3CCCCC3)nc2N)cc(OC)c1OC. The number of nitrogens with one attached hydrogen (secondary N) is 1. The van der Waals surface area contributed by atoms with Gasteiger partial charge in [-0.25, -0.2) is 4.98 Å². The van der Waals surface area contributed by atoms with E-state index in [0.717, 1.165) is 24.0 Å². The van der Waals surface area contributed by atoms with Gasteiger partial charge in [0.25, 0.3) is 0 Å². The molecular formula is C21H30N4O4. The summed E-state index contributed by atoms with van der Waals surface area (Å²) < 4.78 is 22.0. The van der Waals surface area contributed by atoms with Crippen molar-refractivity contribution in [2.45, 2.75) is 44.6 Å². The molecular weight excluding hydrogens is 372 g/mol. The number of hydrogen-bond acceptors (Lipinski definition) is 8. The zero-order chi connectivity index (χ0) is 20.6. The van der Waals surface area contributed by atoms with Crippen LogP contribution in [-0.2, 0) is 11.2 Å². The second-order valence-corrected chi connectivity index (χ2v) is 7.06. The molecule has 3 N–H and O–H groups in total. The normalized spacial score (nSPS) is 14.4. The van der Waals surface area contributed by atoms with Crippen molar-refractivity contribution in [1.82, 2.24) is 9.97 Å². The van der Waals surface area contributed by atoms with Crippen molar-refractivity contribution in [3.8, 4) is 17.2 Å². The lowest BCUT2D eigenvalue weighted by molar-refractivity contribution is 0.0397. The van der Waals surface area contributed by atoms with E-state index in [2.05, 4.69) is 15.3 Å². The van der Waals surface area contributed by atoms with Crippen LogP contribution in [0.2, 0.25) is 0 Å². The van der Waals surface area contributed by atoms with E-state index in [1.54, 1.807) is 27.5 Å². The van der Waals surface area contributed by atoms with Gasteiger partial charge in [0.2, 0.25) is 11.7 Å². The molecule has 0 atom stereocenters. The maximum absolute atomic E-state index is 6.16. The molecule has 8 nitrogen and oxygen atoms in total. The van der Waals surface area contributed by atoms with Gasteiger partial charge in [0.1, 0.15) is 12.5 Å². The van der Waals surface area contributed by atoms with E-state index in [0.29, 0.717) is 48.3 Å². The Hall–Kier alpha value is -2.74. The lowest BCUT2D eigenvalue weighted by atomic mass is 9.98. The first-order valence-corrected chi connectivity index (χ1v) is 9.90. The van der Waals surface area contributed by atoms with Gasteiger partial charge in [-0.1, -0.05) is 19.3 Å². The summed E-state index contributed by atoms with van der Waals surface area (Å²) in [4.78, 5) is 8.73. The van der Waals surface area contributed by atoms with Crippen LogP contribution < -0.4 is 25.3 Å². The number of aromatic nitrogens is 2. The van der Waals surface area contributed by atoms with E-state index < -0.39 is 0 Å². The summed E-state index contributed by atoms with van der Waals surface area (Å²) in [7, 11) is 4.76. The number of nitrogens with two attached hydrogens (primary N) is 1. The lowest BCUT2D eigenvalue weighted by Crippen LogP contribution is -2.21. The molecule has 1 saturated carbocycles. The topological polar surface area (TPSA) is 101 Å². The molecule has 0 radical (unpaired) electrons. The first-order chi connectivity index (χ1) is 14.1. The summed E-state index contributed by atoms with van der Waals surface area (Å²) >= 11 is 0. The van der Waals surface area contributed by atoms with Gasteiger partial charge in [0.15, 0.2) is 11.5 Å². The Kier molecular flexibility index (Phi) is 7.35. The summed E-state index contributed by atoms with van der Waals surface area (Å²) in [5, 5.41) is 3.09. The average Bonchev–Trinajstić information content (AvgIpc) is 2.75. The molecule has 1 aliphatic rings. The van der Waals surface area contributed by atoms with E-state index in [1.807, 2.05) is 12.1 Å². The molecule has 1 heterocycles. The van der Waals surface area contributed by atoms with Crippen molar-refractivity contribution < 1.29 is 18.9 Å². The largest absolute Gasteiger partial charge is 0.493 e. The highest BCUT2D eigenvalue weighted by Crippen LogP contribution is 2.38. The van der Waals surface area contributed by atoms with E-state index in [1.165, 1.54) is 19.3 Å². The predicted octanol–water partition coefficient (Wildman–Crippen LogP) is 3.39. The van der Waals surface area contributed by atoms with Crippen LogP contribution in [0.15, 0.2) is 18.3 Å². The molecule has 3 rings (SSSR count). The maximum atomic E-state index is 6.16. The fraction of sp³-hybridized carbons (Fsp3) is 0.524. The maximum Gasteiger partial charge on any atom is 0.226 e. The van der Waals surface area contributed by atoms with E-state index >= 15 is 0 Å². The van der Waals surface area contributed by atoms with Crippen LogP contribution in [0, 0.1) is 0 Å². The molecule has 0 bridgehead atoms. The molecule has 1 fully saturated rings. The number of nitrogen functional groups attached to an aromatic ring is 1. The minimum Gasteiger partial charge on any atom is -0.493 e. The monoisotopic (exact) mass is 402 g/mol. The molecule has 158 valence electrons. The molecule has 1 aliphatic carbocycles. The number of methoxy groups -OCH3 is 3. The highest BCUT2D eigenvalue weighted by Gasteiger charge is 2.15. The van der Waals surface area contributed by atoms with Crippen LogP contribution >= 0.6 is 0 Å². The van der Waals surface area contributed by atoms with Gasteiger partial charge in [-0.3, -0.25) is 0 Å². The fourth-order valence-corrected chi connectivity index (χ4v) is 3.55. The number of hydrogen-bond donors (Lipinski definition) is 2. The van der Waals surface area contributed by atoms with E-state index in [4.69, 9.17) is 24.7 Å². The van der Waals surface area contributed by atoms with Crippen molar-refractivity contribution >= 4 is 11.8 Å². The van der Waals surface area contributed by atoms with Crippen LogP contribution in [0.3, 0.4) is 0 Å².